The van der Waals surface area contributed by atoms with Crippen molar-refractivity contribution in [3.63, 3.8) is 0 Å². The van der Waals surface area contributed by atoms with Crippen LogP contribution in [0.4, 0.5) is 4.79 Å². The number of amides is 1. The molecule has 1 amide bonds. The first-order valence-electron chi connectivity index (χ1n) is 9.53. The zero-order chi connectivity index (χ0) is 19.7. The molecular formula is C24H24N2O2. The maximum atomic E-state index is 11.9. The predicted molar refractivity (Wildman–Crippen MR) is 111 cm³/mol. The van der Waals surface area contributed by atoms with Gasteiger partial charge in [0.1, 0.15) is 5.60 Å². The lowest BCUT2D eigenvalue weighted by molar-refractivity contribution is 0.0523. The number of benzene rings is 2. The largest absolute Gasteiger partial charge is 0.444 e. The van der Waals surface area contributed by atoms with Crippen molar-refractivity contribution < 1.29 is 9.53 Å². The minimum absolute atomic E-state index is 0.406. The van der Waals surface area contributed by atoms with Gasteiger partial charge in [-0.1, -0.05) is 42.5 Å². The van der Waals surface area contributed by atoms with Crippen LogP contribution in [-0.2, 0) is 17.7 Å². The third-order valence-corrected chi connectivity index (χ3v) is 4.75. The molecule has 0 aliphatic heterocycles. The van der Waals surface area contributed by atoms with E-state index in [0.29, 0.717) is 6.54 Å². The van der Waals surface area contributed by atoms with Gasteiger partial charge in [0.2, 0.25) is 0 Å². The molecule has 0 unspecified atom stereocenters. The Labute approximate surface area is 165 Å². The molecule has 1 aliphatic carbocycles. The van der Waals surface area contributed by atoms with Crippen molar-refractivity contribution in [2.75, 3.05) is 0 Å². The van der Waals surface area contributed by atoms with E-state index >= 15 is 0 Å². The second-order valence-electron chi connectivity index (χ2n) is 8.07. The van der Waals surface area contributed by atoms with Gasteiger partial charge in [-0.05, 0) is 60.7 Å². The van der Waals surface area contributed by atoms with Crippen LogP contribution in [0, 0.1) is 0 Å². The van der Waals surface area contributed by atoms with Crippen molar-refractivity contribution in [1.82, 2.24) is 10.3 Å². The Morgan fingerprint density at radius 3 is 2.71 bits per heavy atom. The van der Waals surface area contributed by atoms with Crippen molar-refractivity contribution in [3.8, 4) is 22.3 Å². The fourth-order valence-electron chi connectivity index (χ4n) is 3.62. The molecule has 0 bridgehead atoms. The minimum Gasteiger partial charge on any atom is -0.444 e. The van der Waals surface area contributed by atoms with Gasteiger partial charge >= 0.3 is 6.09 Å². The monoisotopic (exact) mass is 372 g/mol. The van der Waals surface area contributed by atoms with Crippen LogP contribution in [0.3, 0.4) is 0 Å². The van der Waals surface area contributed by atoms with Gasteiger partial charge < -0.3 is 10.1 Å². The Hall–Kier alpha value is -3.14. The maximum Gasteiger partial charge on any atom is 0.407 e. The Morgan fingerprint density at radius 2 is 1.89 bits per heavy atom. The number of pyridine rings is 1. The summed E-state index contributed by atoms with van der Waals surface area (Å²) in [5, 5.41) is 2.83. The number of carbonyl (C=O) groups excluding carboxylic acids is 1. The summed E-state index contributed by atoms with van der Waals surface area (Å²) in [7, 11) is 0. The van der Waals surface area contributed by atoms with Gasteiger partial charge in [0, 0.05) is 24.7 Å². The van der Waals surface area contributed by atoms with Crippen molar-refractivity contribution in [2.24, 2.45) is 0 Å². The number of fused-ring (bicyclic) bond motifs is 3. The Bertz CT molecular complexity index is 1030. The third kappa shape index (κ3) is 3.77. The van der Waals surface area contributed by atoms with Gasteiger partial charge in [-0.2, -0.15) is 0 Å². The fourth-order valence-corrected chi connectivity index (χ4v) is 3.62. The Morgan fingerprint density at radius 1 is 1.07 bits per heavy atom. The highest BCUT2D eigenvalue weighted by Crippen LogP contribution is 2.41. The van der Waals surface area contributed by atoms with Crippen LogP contribution in [0.25, 0.3) is 22.3 Å². The van der Waals surface area contributed by atoms with Gasteiger partial charge in [0.25, 0.3) is 0 Å². The predicted octanol–water partition coefficient (Wildman–Crippen LogP) is 5.34. The molecule has 1 N–H and O–H groups in total. The fraction of sp³-hybridized carbons (Fsp3) is 0.250. The maximum absolute atomic E-state index is 11.9. The zero-order valence-corrected chi connectivity index (χ0v) is 16.5. The van der Waals surface area contributed by atoms with E-state index in [4.69, 9.17) is 4.74 Å². The number of nitrogens with zero attached hydrogens (tertiary/aromatic N) is 1. The first-order valence-corrected chi connectivity index (χ1v) is 9.53. The van der Waals surface area contributed by atoms with Gasteiger partial charge in [-0.3, -0.25) is 4.98 Å². The number of nitrogens with one attached hydrogen (secondary N) is 1. The topological polar surface area (TPSA) is 51.2 Å². The number of hydrogen-bond donors (Lipinski definition) is 1. The van der Waals surface area contributed by atoms with Gasteiger partial charge in [-0.15, -0.1) is 0 Å². The lowest BCUT2D eigenvalue weighted by Gasteiger charge is -2.19. The molecule has 1 aliphatic rings. The van der Waals surface area contributed by atoms with E-state index in [-0.39, 0.29) is 0 Å². The average molecular weight is 372 g/mol. The number of aromatic nitrogens is 1. The van der Waals surface area contributed by atoms with Crippen LogP contribution in [-0.4, -0.2) is 16.7 Å². The summed E-state index contributed by atoms with van der Waals surface area (Å²) in [6.07, 6.45) is 2.35. The summed E-state index contributed by atoms with van der Waals surface area (Å²) in [6.45, 7) is 5.99. The number of carbonyl (C=O) groups is 1. The SMILES string of the molecule is CC(C)(C)OC(=O)NCc1cccc(-c2ccnc3c2-c2ccccc2C3)c1. The molecule has 142 valence electrons. The second kappa shape index (κ2) is 7.12. The summed E-state index contributed by atoms with van der Waals surface area (Å²) in [4.78, 5) is 16.5. The Kier molecular flexibility index (Phi) is 4.63. The van der Waals surface area contributed by atoms with E-state index in [2.05, 4.69) is 52.8 Å². The van der Waals surface area contributed by atoms with Crippen LogP contribution in [0.15, 0.2) is 60.8 Å². The highest BCUT2D eigenvalue weighted by molar-refractivity contribution is 5.89. The molecule has 0 atom stereocenters. The summed E-state index contributed by atoms with van der Waals surface area (Å²) >= 11 is 0. The van der Waals surface area contributed by atoms with Crippen LogP contribution in [0.5, 0.6) is 0 Å². The third-order valence-electron chi connectivity index (χ3n) is 4.75. The van der Waals surface area contributed by atoms with Crippen LogP contribution < -0.4 is 5.32 Å². The van der Waals surface area contributed by atoms with E-state index in [1.807, 2.05) is 39.1 Å². The molecule has 1 aromatic heterocycles. The average Bonchev–Trinajstić information content (AvgIpc) is 3.04. The summed E-state index contributed by atoms with van der Waals surface area (Å²) in [5.74, 6) is 0. The molecular weight excluding hydrogens is 348 g/mol. The van der Waals surface area contributed by atoms with Gasteiger partial charge in [0.15, 0.2) is 0 Å². The highest BCUT2D eigenvalue weighted by atomic mass is 16.6. The summed E-state index contributed by atoms with van der Waals surface area (Å²) in [6, 6.07) is 18.8. The molecule has 4 heteroatoms. The molecule has 4 rings (SSSR count). The second-order valence-corrected chi connectivity index (χ2v) is 8.07. The molecule has 0 saturated carbocycles. The van der Waals surface area contributed by atoms with E-state index in [1.165, 1.54) is 22.3 Å². The zero-order valence-electron chi connectivity index (χ0n) is 16.5. The quantitative estimate of drug-likeness (QED) is 0.528. The molecule has 4 nitrogen and oxygen atoms in total. The smallest absolute Gasteiger partial charge is 0.407 e. The standard InChI is InChI=1S/C24H24N2O2/c1-24(2,3)28-23(27)26-15-16-7-6-9-17(13-16)20-11-12-25-21-14-18-8-4-5-10-19(18)22(20)21/h4-13H,14-15H2,1-3H3,(H,26,27). The van der Waals surface area contributed by atoms with Crippen LogP contribution in [0.1, 0.15) is 37.6 Å². The first kappa shape index (κ1) is 18.2. The molecule has 0 fully saturated rings. The van der Waals surface area contributed by atoms with E-state index < -0.39 is 11.7 Å². The van der Waals surface area contributed by atoms with Gasteiger partial charge in [0.05, 0.1) is 5.69 Å². The summed E-state index contributed by atoms with van der Waals surface area (Å²) in [5.41, 5.74) is 7.74. The molecule has 0 saturated heterocycles. The number of ether oxygens (including phenoxy) is 1. The summed E-state index contributed by atoms with van der Waals surface area (Å²) < 4.78 is 5.32. The number of alkyl carbamates (subject to hydrolysis) is 1. The van der Waals surface area contributed by atoms with E-state index in [0.717, 1.165) is 23.2 Å². The Balaban J connectivity index is 1.60. The van der Waals surface area contributed by atoms with Crippen LogP contribution in [0.2, 0.25) is 0 Å². The van der Waals surface area contributed by atoms with Crippen molar-refractivity contribution in [1.29, 1.82) is 0 Å². The van der Waals surface area contributed by atoms with E-state index in [9.17, 15) is 4.79 Å². The number of rotatable bonds is 3. The van der Waals surface area contributed by atoms with Crippen LogP contribution >= 0.6 is 0 Å². The van der Waals surface area contributed by atoms with Crippen molar-refractivity contribution in [3.05, 3.63) is 77.6 Å². The van der Waals surface area contributed by atoms with Gasteiger partial charge in [-0.25, -0.2) is 4.79 Å². The number of hydrogen-bond acceptors (Lipinski definition) is 3. The molecule has 2 aromatic carbocycles. The van der Waals surface area contributed by atoms with Crippen molar-refractivity contribution in [2.45, 2.75) is 39.3 Å². The molecule has 0 radical (unpaired) electrons. The lowest BCUT2D eigenvalue weighted by Crippen LogP contribution is -2.32. The highest BCUT2D eigenvalue weighted by Gasteiger charge is 2.22. The molecule has 0 spiro atoms. The lowest BCUT2D eigenvalue weighted by atomic mass is 9.95. The van der Waals surface area contributed by atoms with E-state index in [1.54, 1.807) is 0 Å². The molecule has 1 heterocycles. The molecule has 28 heavy (non-hydrogen) atoms. The normalized spacial score (nSPS) is 12.2. The minimum atomic E-state index is -0.503. The van der Waals surface area contributed by atoms with Crippen molar-refractivity contribution >= 4 is 6.09 Å². The molecule has 3 aromatic rings. The first-order chi connectivity index (χ1) is 13.4.